The highest BCUT2D eigenvalue weighted by Gasteiger charge is 2.45. The van der Waals surface area contributed by atoms with Crippen molar-refractivity contribution < 1.29 is 23.8 Å². The zero-order chi connectivity index (χ0) is 11.4. The van der Waals surface area contributed by atoms with Crippen LogP contribution < -0.4 is 0 Å². The third-order valence-electron chi connectivity index (χ3n) is 2.15. The third kappa shape index (κ3) is 3.00. The van der Waals surface area contributed by atoms with Crippen molar-refractivity contribution in [3.05, 3.63) is 24.3 Å². The first-order valence-corrected chi connectivity index (χ1v) is 6.16. The van der Waals surface area contributed by atoms with E-state index in [4.69, 9.17) is 9.47 Å². The molecule has 0 aromatic heterocycles. The van der Waals surface area contributed by atoms with E-state index in [1.54, 1.807) is 18.2 Å². The van der Waals surface area contributed by atoms with Crippen LogP contribution in [0.5, 0.6) is 0 Å². The lowest BCUT2D eigenvalue weighted by Gasteiger charge is -2.31. The van der Waals surface area contributed by atoms with Crippen LogP contribution in [0.4, 0.5) is 0 Å². The molecule has 0 amide bonds. The molecule has 1 aliphatic rings. The number of methoxy groups -OCH3 is 1. The molecule has 15 heavy (non-hydrogen) atoms. The van der Waals surface area contributed by atoms with Crippen LogP contribution in [0.1, 0.15) is 6.42 Å². The molecule has 1 rings (SSSR count). The Morgan fingerprint density at radius 1 is 1.40 bits per heavy atom. The normalized spacial score (nSPS) is 25.8. The van der Waals surface area contributed by atoms with E-state index in [0.717, 1.165) is 0 Å². The van der Waals surface area contributed by atoms with Gasteiger partial charge in [0.2, 0.25) is 0 Å². The van der Waals surface area contributed by atoms with Crippen molar-refractivity contribution in [2.24, 2.45) is 0 Å². The number of hydrogen-bond acceptors (Lipinski definition) is 3. The Kier molecular flexibility index (Phi) is 4.25. The fraction of sp³-hybridized carbons (Fsp3) is 0.556. The SMILES string of the molecule is COCCOC1(P(=O)(O)O)C=CC=CC1. The minimum Gasteiger partial charge on any atom is -0.382 e. The molecule has 0 aliphatic heterocycles. The summed E-state index contributed by atoms with van der Waals surface area (Å²) in [6.07, 6.45) is 6.57. The van der Waals surface area contributed by atoms with Crippen LogP contribution in [-0.4, -0.2) is 35.5 Å². The maximum Gasteiger partial charge on any atom is 0.361 e. The zero-order valence-corrected chi connectivity index (χ0v) is 9.39. The molecule has 0 aromatic rings. The van der Waals surface area contributed by atoms with E-state index in [2.05, 4.69) is 0 Å². The van der Waals surface area contributed by atoms with Gasteiger partial charge in [-0.25, -0.2) is 0 Å². The minimum atomic E-state index is -4.33. The molecule has 0 saturated heterocycles. The Balaban J connectivity index is 2.74. The van der Waals surface area contributed by atoms with Crippen LogP contribution in [0.3, 0.4) is 0 Å². The lowest BCUT2D eigenvalue weighted by atomic mass is 10.1. The smallest absolute Gasteiger partial charge is 0.361 e. The Labute approximate surface area is 88.6 Å². The molecule has 0 bridgehead atoms. The van der Waals surface area contributed by atoms with E-state index >= 15 is 0 Å². The number of hydrogen-bond donors (Lipinski definition) is 2. The Morgan fingerprint density at radius 2 is 2.13 bits per heavy atom. The van der Waals surface area contributed by atoms with E-state index in [9.17, 15) is 14.4 Å². The number of ether oxygens (including phenoxy) is 2. The maximum atomic E-state index is 11.3. The first kappa shape index (κ1) is 12.6. The highest BCUT2D eigenvalue weighted by Crippen LogP contribution is 2.55. The molecule has 86 valence electrons. The van der Waals surface area contributed by atoms with Gasteiger partial charge in [0.15, 0.2) is 5.34 Å². The lowest BCUT2D eigenvalue weighted by molar-refractivity contribution is 0.00335. The highest BCUT2D eigenvalue weighted by atomic mass is 31.2. The van der Waals surface area contributed by atoms with Gasteiger partial charge in [-0.1, -0.05) is 18.2 Å². The van der Waals surface area contributed by atoms with Gasteiger partial charge in [-0.05, 0) is 6.08 Å². The molecule has 5 nitrogen and oxygen atoms in total. The Hall–Kier alpha value is -0.450. The van der Waals surface area contributed by atoms with Gasteiger partial charge in [0, 0.05) is 13.5 Å². The first-order valence-electron chi connectivity index (χ1n) is 4.55. The summed E-state index contributed by atoms with van der Waals surface area (Å²) in [4.78, 5) is 18.5. The molecule has 0 heterocycles. The monoisotopic (exact) mass is 234 g/mol. The fourth-order valence-corrected chi connectivity index (χ4v) is 2.18. The largest absolute Gasteiger partial charge is 0.382 e. The van der Waals surface area contributed by atoms with Crippen molar-refractivity contribution in [2.75, 3.05) is 20.3 Å². The van der Waals surface area contributed by atoms with Crippen molar-refractivity contribution >= 4 is 7.60 Å². The average Bonchev–Trinajstić information content (AvgIpc) is 2.18. The van der Waals surface area contributed by atoms with Crippen LogP contribution in [0.2, 0.25) is 0 Å². The zero-order valence-electron chi connectivity index (χ0n) is 8.50. The molecule has 0 fully saturated rings. The van der Waals surface area contributed by atoms with Gasteiger partial charge in [0.05, 0.1) is 13.2 Å². The molecular formula is C9H15O5P. The molecule has 0 spiro atoms. The van der Waals surface area contributed by atoms with Crippen molar-refractivity contribution in [3.63, 3.8) is 0 Å². The average molecular weight is 234 g/mol. The van der Waals surface area contributed by atoms with Crippen LogP contribution in [-0.2, 0) is 14.0 Å². The summed E-state index contributed by atoms with van der Waals surface area (Å²) in [5, 5.41) is -1.51. The summed E-state index contributed by atoms with van der Waals surface area (Å²) in [6, 6.07) is 0. The van der Waals surface area contributed by atoms with Crippen molar-refractivity contribution in [1.82, 2.24) is 0 Å². The van der Waals surface area contributed by atoms with Gasteiger partial charge >= 0.3 is 7.60 Å². The Bertz CT molecular complexity index is 306. The molecule has 0 saturated carbocycles. The summed E-state index contributed by atoms with van der Waals surface area (Å²) in [6.45, 7) is 0.457. The predicted octanol–water partition coefficient (Wildman–Crippen LogP) is 1.04. The van der Waals surface area contributed by atoms with Gasteiger partial charge in [-0.2, -0.15) is 0 Å². The molecule has 1 unspecified atom stereocenters. The van der Waals surface area contributed by atoms with Crippen LogP contribution in [0.15, 0.2) is 24.3 Å². The highest BCUT2D eigenvalue weighted by molar-refractivity contribution is 7.53. The molecule has 6 heteroatoms. The van der Waals surface area contributed by atoms with E-state index < -0.39 is 12.9 Å². The van der Waals surface area contributed by atoms with E-state index in [1.165, 1.54) is 13.2 Å². The molecule has 1 atom stereocenters. The second-order valence-electron chi connectivity index (χ2n) is 3.22. The van der Waals surface area contributed by atoms with Crippen LogP contribution >= 0.6 is 7.60 Å². The summed E-state index contributed by atoms with van der Waals surface area (Å²) < 4.78 is 21.4. The summed E-state index contributed by atoms with van der Waals surface area (Å²) >= 11 is 0. The predicted molar refractivity (Wildman–Crippen MR) is 55.5 cm³/mol. The Morgan fingerprint density at radius 3 is 2.60 bits per heavy atom. The molecular weight excluding hydrogens is 219 g/mol. The minimum absolute atomic E-state index is 0.153. The second-order valence-corrected chi connectivity index (χ2v) is 5.07. The van der Waals surface area contributed by atoms with E-state index in [0.29, 0.717) is 6.61 Å². The lowest BCUT2D eigenvalue weighted by Crippen LogP contribution is -2.32. The fourth-order valence-electron chi connectivity index (χ4n) is 1.30. The topological polar surface area (TPSA) is 76.0 Å². The van der Waals surface area contributed by atoms with Gasteiger partial charge in [0.1, 0.15) is 0 Å². The van der Waals surface area contributed by atoms with Crippen molar-refractivity contribution in [1.29, 1.82) is 0 Å². The van der Waals surface area contributed by atoms with Gasteiger partial charge in [-0.3, -0.25) is 4.57 Å². The third-order valence-corrected chi connectivity index (χ3v) is 3.59. The molecule has 0 aromatic carbocycles. The standard InChI is InChI=1S/C9H15O5P/c1-13-7-8-14-9(15(10,11)12)5-3-2-4-6-9/h2-5H,6-8H2,1H3,(H2,10,11,12). The van der Waals surface area contributed by atoms with Crippen LogP contribution in [0.25, 0.3) is 0 Å². The van der Waals surface area contributed by atoms with E-state index in [-0.39, 0.29) is 13.0 Å². The summed E-state index contributed by atoms with van der Waals surface area (Å²) in [5.41, 5.74) is 0. The number of allylic oxidation sites excluding steroid dienone is 2. The molecule has 0 radical (unpaired) electrons. The maximum absolute atomic E-state index is 11.3. The molecule has 1 aliphatic carbocycles. The van der Waals surface area contributed by atoms with Crippen molar-refractivity contribution in [2.45, 2.75) is 11.8 Å². The van der Waals surface area contributed by atoms with Crippen molar-refractivity contribution in [3.8, 4) is 0 Å². The quantitative estimate of drug-likeness (QED) is 0.549. The second kappa shape index (κ2) is 5.05. The van der Waals surface area contributed by atoms with E-state index in [1.807, 2.05) is 0 Å². The van der Waals surface area contributed by atoms with Gasteiger partial charge in [-0.15, -0.1) is 0 Å². The molecule has 2 N–H and O–H groups in total. The van der Waals surface area contributed by atoms with Gasteiger partial charge < -0.3 is 19.3 Å². The van der Waals surface area contributed by atoms with Crippen LogP contribution in [0, 0.1) is 0 Å². The number of rotatable bonds is 5. The van der Waals surface area contributed by atoms with Gasteiger partial charge in [0.25, 0.3) is 0 Å². The summed E-state index contributed by atoms with van der Waals surface area (Å²) in [7, 11) is -2.82. The first-order chi connectivity index (χ1) is 7.02. The summed E-state index contributed by atoms with van der Waals surface area (Å²) in [5.74, 6) is 0.